The summed E-state index contributed by atoms with van der Waals surface area (Å²) in [5.74, 6) is 0.492. The summed E-state index contributed by atoms with van der Waals surface area (Å²) in [6.45, 7) is 6.42. The summed E-state index contributed by atoms with van der Waals surface area (Å²) in [4.78, 5) is 29.6. The molecule has 2 aromatic rings. The molecule has 0 unspecified atom stereocenters. The molecular weight excluding hydrogens is 508 g/mol. The number of sulfonamides is 1. The second kappa shape index (κ2) is 10.5. The Labute approximate surface area is 223 Å². The first kappa shape index (κ1) is 26.3. The summed E-state index contributed by atoms with van der Waals surface area (Å²) in [5.41, 5.74) is 2.04. The molecule has 1 N–H and O–H groups in total. The molecular formula is C27H34N4O6S. The molecule has 2 amide bonds. The van der Waals surface area contributed by atoms with Crippen molar-refractivity contribution in [3.8, 4) is 11.5 Å². The molecule has 0 aliphatic carbocycles. The van der Waals surface area contributed by atoms with Gasteiger partial charge in [0.25, 0.3) is 5.91 Å². The van der Waals surface area contributed by atoms with E-state index in [1.165, 1.54) is 10.4 Å². The Morgan fingerprint density at radius 3 is 2.61 bits per heavy atom. The molecule has 0 bridgehead atoms. The van der Waals surface area contributed by atoms with E-state index in [1.807, 2.05) is 29.2 Å². The van der Waals surface area contributed by atoms with Crippen molar-refractivity contribution in [2.45, 2.75) is 37.7 Å². The fourth-order valence-corrected chi connectivity index (χ4v) is 7.12. The van der Waals surface area contributed by atoms with Gasteiger partial charge in [-0.25, -0.2) is 8.42 Å². The molecule has 204 valence electrons. The first-order valence-corrected chi connectivity index (χ1v) is 14.4. The maximum atomic E-state index is 13.7. The first-order chi connectivity index (χ1) is 18.2. The second-order valence-electron chi connectivity index (χ2n) is 10.1. The van der Waals surface area contributed by atoms with Crippen molar-refractivity contribution >= 4 is 33.2 Å². The van der Waals surface area contributed by atoms with Gasteiger partial charge in [0, 0.05) is 57.1 Å². The van der Waals surface area contributed by atoms with Gasteiger partial charge in [-0.05, 0) is 50.5 Å². The Bertz CT molecular complexity index is 1340. The third-order valence-corrected chi connectivity index (χ3v) is 9.58. The minimum Gasteiger partial charge on any atom is -0.497 e. The van der Waals surface area contributed by atoms with E-state index >= 15 is 0 Å². The third-order valence-electron chi connectivity index (χ3n) is 7.57. The summed E-state index contributed by atoms with van der Waals surface area (Å²) in [6.07, 6.45) is 0.575. The zero-order valence-corrected chi connectivity index (χ0v) is 22.8. The zero-order chi connectivity index (χ0) is 27.0. The van der Waals surface area contributed by atoms with E-state index < -0.39 is 16.1 Å². The van der Waals surface area contributed by atoms with Crippen LogP contribution in [-0.4, -0.2) is 81.9 Å². The molecule has 2 fully saturated rings. The summed E-state index contributed by atoms with van der Waals surface area (Å²) in [7, 11) is -2.21. The predicted octanol–water partition coefficient (Wildman–Crippen LogP) is 2.47. The first-order valence-electron chi connectivity index (χ1n) is 13.0. The fourth-order valence-electron chi connectivity index (χ4n) is 5.37. The van der Waals surface area contributed by atoms with Crippen molar-refractivity contribution in [2.24, 2.45) is 5.92 Å². The molecule has 0 spiro atoms. The van der Waals surface area contributed by atoms with Crippen LogP contribution >= 0.6 is 0 Å². The minimum atomic E-state index is -3.86. The number of piperidine rings is 1. The summed E-state index contributed by atoms with van der Waals surface area (Å²) >= 11 is 0. The van der Waals surface area contributed by atoms with Crippen molar-refractivity contribution in [3.63, 3.8) is 0 Å². The van der Waals surface area contributed by atoms with Crippen molar-refractivity contribution in [1.82, 2.24) is 9.21 Å². The quantitative estimate of drug-likeness (QED) is 0.618. The molecule has 0 saturated carbocycles. The van der Waals surface area contributed by atoms with E-state index in [9.17, 15) is 18.0 Å². The van der Waals surface area contributed by atoms with Gasteiger partial charge in [0.05, 0.1) is 23.6 Å². The highest BCUT2D eigenvalue weighted by Gasteiger charge is 2.37. The lowest BCUT2D eigenvalue weighted by molar-refractivity contribution is -0.137. The average molecular weight is 543 g/mol. The number of carbonyl (C=O) groups is 2. The number of carbonyl (C=O) groups excluding carboxylic acids is 2. The van der Waals surface area contributed by atoms with Crippen molar-refractivity contribution in [1.29, 1.82) is 0 Å². The largest absolute Gasteiger partial charge is 0.497 e. The number of ether oxygens (including phenoxy) is 2. The number of nitrogens with one attached hydrogen (secondary N) is 1. The molecule has 10 nitrogen and oxygen atoms in total. The SMILES string of the molecule is COc1cccc(N2CCN(C(=O)[C@H]3CCCN(S(=O)(=O)c4cc5c(cc4C)NC(=O)[C@@H](C)O5)C3)CC2)c1. The Balaban J connectivity index is 1.26. The number of nitrogens with zero attached hydrogens (tertiary/aromatic N) is 3. The molecule has 3 aliphatic rings. The lowest BCUT2D eigenvalue weighted by atomic mass is 9.97. The van der Waals surface area contributed by atoms with Crippen molar-refractivity contribution < 1.29 is 27.5 Å². The van der Waals surface area contributed by atoms with Gasteiger partial charge in [-0.1, -0.05) is 6.07 Å². The van der Waals surface area contributed by atoms with Gasteiger partial charge in [0.1, 0.15) is 11.5 Å². The van der Waals surface area contributed by atoms with Gasteiger partial charge in [-0.2, -0.15) is 4.31 Å². The van der Waals surface area contributed by atoms with Crippen LogP contribution in [0.15, 0.2) is 41.3 Å². The number of hydrogen-bond acceptors (Lipinski definition) is 7. The van der Waals surface area contributed by atoms with Crippen LogP contribution in [0.3, 0.4) is 0 Å². The minimum absolute atomic E-state index is 0.0113. The number of rotatable bonds is 5. The van der Waals surface area contributed by atoms with E-state index in [4.69, 9.17) is 9.47 Å². The molecule has 0 aromatic heterocycles. The van der Waals surface area contributed by atoms with Gasteiger partial charge in [-0.15, -0.1) is 0 Å². The number of aryl methyl sites for hydroxylation is 1. The van der Waals surface area contributed by atoms with E-state index in [0.717, 1.165) is 11.4 Å². The highest BCUT2D eigenvalue weighted by Crippen LogP contribution is 2.36. The van der Waals surface area contributed by atoms with Crippen molar-refractivity contribution in [2.75, 3.05) is 56.6 Å². The van der Waals surface area contributed by atoms with E-state index in [1.54, 1.807) is 27.0 Å². The Kier molecular flexibility index (Phi) is 7.23. The number of piperazine rings is 1. The normalized spacial score (nSPS) is 22.3. The molecule has 0 radical (unpaired) electrons. The van der Waals surface area contributed by atoms with Gasteiger partial charge in [-0.3, -0.25) is 9.59 Å². The number of benzene rings is 2. The van der Waals surface area contributed by atoms with Crippen molar-refractivity contribution in [3.05, 3.63) is 42.0 Å². The molecule has 2 atom stereocenters. The number of anilines is 2. The van der Waals surface area contributed by atoms with Gasteiger partial charge >= 0.3 is 0 Å². The lowest BCUT2D eigenvalue weighted by Crippen LogP contribution is -2.53. The summed E-state index contributed by atoms with van der Waals surface area (Å²) < 4.78 is 39.8. The standard InChI is InChI=1S/C27H34N4O6S/c1-18-14-23-24(37-19(2)26(32)28-23)16-25(18)38(34,35)31-9-5-6-20(17-31)27(33)30-12-10-29(11-13-30)21-7-4-8-22(15-21)36-3/h4,7-8,14-16,19-20H,5-6,9-13,17H2,1-3H3,(H,28,32)/t19-,20+/m1/s1. The average Bonchev–Trinajstić information content (AvgIpc) is 2.93. The fraction of sp³-hybridized carbons (Fsp3) is 0.481. The van der Waals surface area contributed by atoms with Crippen LogP contribution < -0.4 is 19.7 Å². The van der Waals surface area contributed by atoms with Crippen LogP contribution in [0.1, 0.15) is 25.3 Å². The molecule has 3 heterocycles. The van der Waals surface area contributed by atoms with Crippen LogP contribution in [0, 0.1) is 12.8 Å². The maximum Gasteiger partial charge on any atom is 0.265 e. The summed E-state index contributed by atoms with van der Waals surface area (Å²) in [5, 5.41) is 2.75. The molecule has 38 heavy (non-hydrogen) atoms. The number of hydrogen-bond donors (Lipinski definition) is 1. The smallest absolute Gasteiger partial charge is 0.265 e. The van der Waals surface area contributed by atoms with Crippen LogP contribution in [0.4, 0.5) is 11.4 Å². The zero-order valence-electron chi connectivity index (χ0n) is 22.0. The highest BCUT2D eigenvalue weighted by molar-refractivity contribution is 7.89. The second-order valence-corrected chi connectivity index (χ2v) is 12.0. The van der Waals surface area contributed by atoms with Crippen LogP contribution in [0.25, 0.3) is 0 Å². The van der Waals surface area contributed by atoms with Crippen LogP contribution in [0.5, 0.6) is 11.5 Å². The van der Waals surface area contributed by atoms with E-state index in [-0.39, 0.29) is 29.2 Å². The third kappa shape index (κ3) is 5.04. The Hall–Kier alpha value is -3.31. The van der Waals surface area contributed by atoms with Gasteiger partial charge in [0.2, 0.25) is 15.9 Å². The van der Waals surface area contributed by atoms with E-state index in [2.05, 4.69) is 10.2 Å². The number of amides is 2. The predicted molar refractivity (Wildman–Crippen MR) is 143 cm³/mol. The molecule has 2 aromatic carbocycles. The Morgan fingerprint density at radius 1 is 1.11 bits per heavy atom. The molecule has 11 heteroatoms. The van der Waals surface area contributed by atoms with Gasteiger partial charge in [0.15, 0.2) is 6.10 Å². The number of fused-ring (bicyclic) bond motifs is 1. The molecule has 3 aliphatic heterocycles. The topological polar surface area (TPSA) is 108 Å². The number of methoxy groups -OCH3 is 1. The molecule has 2 saturated heterocycles. The van der Waals surface area contributed by atoms with Gasteiger partial charge < -0.3 is 24.6 Å². The van der Waals surface area contributed by atoms with Crippen LogP contribution in [-0.2, 0) is 19.6 Å². The van der Waals surface area contributed by atoms with Crippen LogP contribution in [0.2, 0.25) is 0 Å². The van der Waals surface area contributed by atoms with E-state index in [0.29, 0.717) is 62.6 Å². The summed E-state index contributed by atoms with van der Waals surface area (Å²) in [6, 6.07) is 11.0. The highest BCUT2D eigenvalue weighted by atomic mass is 32.2. The molecule has 5 rings (SSSR count). The maximum absolute atomic E-state index is 13.7. The Morgan fingerprint density at radius 2 is 1.87 bits per heavy atom. The monoisotopic (exact) mass is 542 g/mol. The lowest BCUT2D eigenvalue weighted by Gasteiger charge is -2.39.